The summed E-state index contributed by atoms with van der Waals surface area (Å²) >= 11 is 0. The summed E-state index contributed by atoms with van der Waals surface area (Å²) < 4.78 is 5.67. The second kappa shape index (κ2) is 4.28. The Hall–Kier alpha value is -1.55. The normalized spacial score (nSPS) is 20.6. The number of carbonyl (C=O) groups excluding carboxylic acids is 1. The van der Waals surface area contributed by atoms with Crippen LogP contribution in [0.5, 0.6) is 5.75 Å². The molecule has 1 aromatic rings. The number of fused-ring (bicyclic) bond motifs is 1. The molecule has 0 bridgehead atoms. The molecule has 1 saturated carbocycles. The molecule has 3 rings (SSSR count). The molecular formula is C14H18N2O2. The van der Waals surface area contributed by atoms with Crippen molar-refractivity contribution in [3.05, 3.63) is 29.8 Å². The largest absolute Gasteiger partial charge is 0.491 e. The Balaban J connectivity index is 1.81. The van der Waals surface area contributed by atoms with Gasteiger partial charge >= 0.3 is 0 Å². The maximum absolute atomic E-state index is 12.5. The lowest BCUT2D eigenvalue weighted by Gasteiger charge is -2.24. The molecule has 0 radical (unpaired) electrons. The van der Waals surface area contributed by atoms with Crippen LogP contribution in [0.25, 0.3) is 0 Å². The maximum atomic E-state index is 12.5. The average molecular weight is 246 g/mol. The molecule has 18 heavy (non-hydrogen) atoms. The highest BCUT2D eigenvalue weighted by Gasteiger charge is 2.50. The highest BCUT2D eigenvalue weighted by Crippen LogP contribution is 2.46. The number of ether oxygens (including phenoxy) is 1. The minimum atomic E-state index is -0.265. The van der Waals surface area contributed by atoms with Gasteiger partial charge in [0.2, 0.25) is 5.91 Å². The Morgan fingerprint density at radius 3 is 2.89 bits per heavy atom. The Bertz CT molecular complexity index is 469. The van der Waals surface area contributed by atoms with Gasteiger partial charge in [0.1, 0.15) is 12.4 Å². The van der Waals surface area contributed by atoms with Gasteiger partial charge in [-0.05, 0) is 18.9 Å². The molecule has 0 spiro atoms. The van der Waals surface area contributed by atoms with Gasteiger partial charge in [0.25, 0.3) is 0 Å². The van der Waals surface area contributed by atoms with E-state index >= 15 is 0 Å². The summed E-state index contributed by atoms with van der Waals surface area (Å²) in [4.78, 5) is 14.4. The second-order valence-electron chi connectivity index (χ2n) is 5.17. The van der Waals surface area contributed by atoms with Crippen LogP contribution in [0.15, 0.2) is 24.3 Å². The first kappa shape index (κ1) is 11.5. The van der Waals surface area contributed by atoms with E-state index in [1.54, 1.807) is 0 Å². The first-order valence-corrected chi connectivity index (χ1v) is 6.45. The average Bonchev–Trinajstić information content (AvgIpc) is 3.21. The van der Waals surface area contributed by atoms with Crippen LogP contribution in [0.2, 0.25) is 0 Å². The molecule has 1 amide bonds. The van der Waals surface area contributed by atoms with Crippen LogP contribution in [0.4, 0.5) is 0 Å². The number of carbonyl (C=O) groups is 1. The summed E-state index contributed by atoms with van der Waals surface area (Å²) in [5.74, 6) is 1.09. The SMILES string of the molecule is NCC1(C(=O)N2CCOc3ccccc3C2)CC1. The van der Waals surface area contributed by atoms with Gasteiger partial charge in [0.05, 0.1) is 12.0 Å². The number of rotatable bonds is 2. The third-order valence-electron chi connectivity index (χ3n) is 3.94. The number of para-hydroxylation sites is 1. The molecule has 0 saturated heterocycles. The van der Waals surface area contributed by atoms with Crippen LogP contribution in [-0.4, -0.2) is 30.5 Å². The first-order valence-electron chi connectivity index (χ1n) is 6.45. The predicted molar refractivity (Wildman–Crippen MR) is 68.1 cm³/mol. The number of hydrogen-bond donors (Lipinski definition) is 1. The van der Waals surface area contributed by atoms with E-state index in [4.69, 9.17) is 10.5 Å². The van der Waals surface area contributed by atoms with Gasteiger partial charge in [-0.2, -0.15) is 0 Å². The van der Waals surface area contributed by atoms with Crippen molar-refractivity contribution in [3.8, 4) is 5.75 Å². The van der Waals surface area contributed by atoms with Crippen molar-refractivity contribution in [3.63, 3.8) is 0 Å². The highest BCUT2D eigenvalue weighted by atomic mass is 16.5. The summed E-state index contributed by atoms with van der Waals surface area (Å²) in [6.07, 6.45) is 1.86. The van der Waals surface area contributed by atoms with E-state index in [2.05, 4.69) is 0 Å². The third kappa shape index (κ3) is 1.86. The number of benzene rings is 1. The predicted octanol–water partition coefficient (Wildman–Crippen LogP) is 1.15. The van der Waals surface area contributed by atoms with E-state index < -0.39 is 0 Å². The van der Waals surface area contributed by atoms with Gasteiger partial charge in [-0.15, -0.1) is 0 Å². The molecule has 2 N–H and O–H groups in total. The number of nitrogens with two attached hydrogens (primary N) is 1. The maximum Gasteiger partial charge on any atom is 0.230 e. The van der Waals surface area contributed by atoms with Crippen LogP contribution in [-0.2, 0) is 11.3 Å². The summed E-state index contributed by atoms with van der Waals surface area (Å²) in [5, 5.41) is 0. The summed E-state index contributed by atoms with van der Waals surface area (Å²) in [6.45, 7) is 2.31. The zero-order chi connectivity index (χ0) is 12.6. The van der Waals surface area contributed by atoms with Gasteiger partial charge in [0.15, 0.2) is 0 Å². The molecule has 1 aromatic carbocycles. The fourth-order valence-electron chi connectivity index (χ4n) is 2.49. The quantitative estimate of drug-likeness (QED) is 0.851. The van der Waals surface area contributed by atoms with Crippen molar-refractivity contribution in [2.75, 3.05) is 19.7 Å². The molecule has 0 atom stereocenters. The van der Waals surface area contributed by atoms with Gasteiger partial charge in [-0.25, -0.2) is 0 Å². The van der Waals surface area contributed by atoms with Crippen LogP contribution >= 0.6 is 0 Å². The van der Waals surface area contributed by atoms with Gasteiger partial charge in [-0.3, -0.25) is 4.79 Å². The Kier molecular flexibility index (Phi) is 2.74. The smallest absolute Gasteiger partial charge is 0.230 e. The minimum absolute atomic E-state index is 0.199. The number of nitrogens with zero attached hydrogens (tertiary/aromatic N) is 1. The third-order valence-corrected chi connectivity index (χ3v) is 3.94. The molecule has 4 nitrogen and oxygen atoms in total. The summed E-state index contributed by atoms with van der Waals surface area (Å²) in [5.41, 5.74) is 6.55. The van der Waals surface area contributed by atoms with Gasteiger partial charge < -0.3 is 15.4 Å². The van der Waals surface area contributed by atoms with E-state index in [9.17, 15) is 4.79 Å². The van der Waals surface area contributed by atoms with Gasteiger partial charge in [-0.1, -0.05) is 18.2 Å². The summed E-state index contributed by atoms with van der Waals surface area (Å²) in [6, 6.07) is 7.91. The van der Waals surface area contributed by atoms with Crippen molar-refractivity contribution in [2.45, 2.75) is 19.4 Å². The van der Waals surface area contributed by atoms with E-state index in [0.717, 1.165) is 24.2 Å². The van der Waals surface area contributed by atoms with Crippen molar-refractivity contribution < 1.29 is 9.53 Å². The molecular weight excluding hydrogens is 228 g/mol. The molecule has 1 heterocycles. The lowest BCUT2D eigenvalue weighted by molar-refractivity contribution is -0.137. The first-order chi connectivity index (χ1) is 8.75. The van der Waals surface area contributed by atoms with E-state index in [-0.39, 0.29) is 11.3 Å². The molecule has 0 aromatic heterocycles. The lowest BCUT2D eigenvalue weighted by atomic mass is 10.1. The monoisotopic (exact) mass is 246 g/mol. The molecule has 4 heteroatoms. The molecule has 1 fully saturated rings. The zero-order valence-electron chi connectivity index (χ0n) is 10.4. The van der Waals surface area contributed by atoms with Crippen LogP contribution in [0, 0.1) is 5.41 Å². The van der Waals surface area contributed by atoms with Crippen LogP contribution in [0.1, 0.15) is 18.4 Å². The van der Waals surface area contributed by atoms with Crippen molar-refractivity contribution in [1.29, 1.82) is 0 Å². The Morgan fingerprint density at radius 2 is 2.17 bits per heavy atom. The molecule has 1 aliphatic heterocycles. The van der Waals surface area contributed by atoms with E-state index in [0.29, 0.717) is 26.2 Å². The minimum Gasteiger partial charge on any atom is -0.491 e. The fourth-order valence-corrected chi connectivity index (χ4v) is 2.49. The molecule has 2 aliphatic rings. The van der Waals surface area contributed by atoms with E-state index in [1.807, 2.05) is 29.2 Å². The zero-order valence-corrected chi connectivity index (χ0v) is 10.4. The van der Waals surface area contributed by atoms with Crippen molar-refractivity contribution in [2.24, 2.45) is 11.1 Å². The van der Waals surface area contributed by atoms with E-state index in [1.165, 1.54) is 0 Å². The standard InChI is InChI=1S/C14H18N2O2/c15-10-14(5-6-14)13(17)16-7-8-18-12-4-2-1-3-11(12)9-16/h1-4H,5-10,15H2. The van der Waals surface area contributed by atoms with Crippen molar-refractivity contribution >= 4 is 5.91 Å². The lowest BCUT2D eigenvalue weighted by Crippen LogP contribution is -2.41. The second-order valence-corrected chi connectivity index (χ2v) is 5.17. The number of hydrogen-bond acceptors (Lipinski definition) is 3. The molecule has 96 valence electrons. The fraction of sp³-hybridized carbons (Fsp3) is 0.500. The summed E-state index contributed by atoms with van der Waals surface area (Å²) in [7, 11) is 0. The van der Waals surface area contributed by atoms with Crippen molar-refractivity contribution in [1.82, 2.24) is 4.90 Å². The van der Waals surface area contributed by atoms with Crippen LogP contribution < -0.4 is 10.5 Å². The Morgan fingerprint density at radius 1 is 1.39 bits per heavy atom. The molecule has 1 aliphatic carbocycles. The van der Waals surface area contributed by atoms with Crippen LogP contribution in [0.3, 0.4) is 0 Å². The highest BCUT2D eigenvalue weighted by molar-refractivity contribution is 5.85. The van der Waals surface area contributed by atoms with Gasteiger partial charge in [0, 0.05) is 18.7 Å². The topological polar surface area (TPSA) is 55.6 Å². The Labute approximate surface area is 107 Å². The molecule has 0 unspecified atom stereocenters. The number of amides is 1.